The SMILES string of the molecule is c1ccc(-c2nc3ccc4oc5cc(N(c6ccccc6)c6ccccc6)ccc5c4c3s2)cc1. The molecule has 0 aliphatic heterocycles. The molecule has 7 aromatic rings. The van der Waals surface area contributed by atoms with Crippen molar-refractivity contribution in [3.05, 3.63) is 121 Å². The van der Waals surface area contributed by atoms with Crippen LogP contribution >= 0.6 is 11.3 Å². The first-order chi connectivity index (χ1) is 17.3. The molecule has 0 aliphatic carbocycles. The molecule has 5 aromatic carbocycles. The fourth-order valence-corrected chi connectivity index (χ4v) is 5.80. The molecule has 0 atom stereocenters. The van der Waals surface area contributed by atoms with Gasteiger partial charge in [0.15, 0.2) is 0 Å². The molecule has 0 N–H and O–H groups in total. The van der Waals surface area contributed by atoms with E-state index in [0.717, 1.165) is 59.8 Å². The van der Waals surface area contributed by atoms with Crippen molar-refractivity contribution in [3.8, 4) is 10.6 Å². The number of thiazole rings is 1. The number of nitrogens with zero attached hydrogens (tertiary/aromatic N) is 2. The summed E-state index contributed by atoms with van der Waals surface area (Å²) in [5.74, 6) is 0. The summed E-state index contributed by atoms with van der Waals surface area (Å²) in [6.07, 6.45) is 0. The van der Waals surface area contributed by atoms with Crippen molar-refractivity contribution >= 4 is 60.6 Å². The molecule has 0 radical (unpaired) electrons. The Morgan fingerprint density at radius 2 is 1.26 bits per heavy atom. The van der Waals surface area contributed by atoms with Gasteiger partial charge in [0, 0.05) is 39.5 Å². The highest BCUT2D eigenvalue weighted by molar-refractivity contribution is 7.22. The topological polar surface area (TPSA) is 29.3 Å². The molecule has 3 nitrogen and oxygen atoms in total. The standard InChI is InChI=1S/C31H20N2OS/c1-4-10-21(11-5-1)31-32-26-18-19-27-29(30(26)35-31)25-17-16-24(20-28(25)34-27)33(22-12-6-2-7-13-22)23-14-8-3-9-15-23/h1-20H. The molecule has 2 heterocycles. The Hall–Kier alpha value is -4.41. The first kappa shape index (κ1) is 20.0. The van der Waals surface area contributed by atoms with Crippen molar-refractivity contribution in [1.29, 1.82) is 0 Å². The molecule has 7 rings (SSSR count). The van der Waals surface area contributed by atoms with Gasteiger partial charge >= 0.3 is 0 Å². The van der Waals surface area contributed by atoms with E-state index in [-0.39, 0.29) is 0 Å². The number of benzene rings is 5. The van der Waals surface area contributed by atoms with Gasteiger partial charge in [0.2, 0.25) is 0 Å². The van der Waals surface area contributed by atoms with Gasteiger partial charge in [0.1, 0.15) is 16.2 Å². The lowest BCUT2D eigenvalue weighted by atomic mass is 10.1. The monoisotopic (exact) mass is 468 g/mol. The van der Waals surface area contributed by atoms with Gasteiger partial charge in [-0.25, -0.2) is 4.98 Å². The second-order valence-electron chi connectivity index (χ2n) is 8.46. The zero-order valence-electron chi connectivity index (χ0n) is 18.8. The Balaban J connectivity index is 1.42. The minimum Gasteiger partial charge on any atom is -0.456 e. The summed E-state index contributed by atoms with van der Waals surface area (Å²) in [4.78, 5) is 7.17. The van der Waals surface area contributed by atoms with Gasteiger partial charge < -0.3 is 9.32 Å². The van der Waals surface area contributed by atoms with Gasteiger partial charge in [-0.15, -0.1) is 11.3 Å². The molecule has 4 heteroatoms. The predicted octanol–water partition coefficient (Wildman–Crippen LogP) is 9.33. The van der Waals surface area contributed by atoms with Crippen LogP contribution in [-0.2, 0) is 0 Å². The van der Waals surface area contributed by atoms with Crippen molar-refractivity contribution in [3.63, 3.8) is 0 Å². The zero-order chi connectivity index (χ0) is 23.2. The Labute approximate surface area is 206 Å². The Kier molecular flexibility index (Phi) is 4.64. The fraction of sp³-hybridized carbons (Fsp3) is 0. The van der Waals surface area contributed by atoms with E-state index in [1.165, 1.54) is 0 Å². The maximum Gasteiger partial charge on any atom is 0.137 e. The van der Waals surface area contributed by atoms with Gasteiger partial charge in [-0.2, -0.15) is 0 Å². The van der Waals surface area contributed by atoms with Crippen molar-refractivity contribution in [2.45, 2.75) is 0 Å². The highest BCUT2D eigenvalue weighted by Gasteiger charge is 2.18. The number of anilines is 3. The van der Waals surface area contributed by atoms with Gasteiger partial charge in [-0.05, 0) is 48.5 Å². The zero-order valence-corrected chi connectivity index (χ0v) is 19.6. The minimum atomic E-state index is 0.872. The molecule has 166 valence electrons. The van der Waals surface area contributed by atoms with Crippen LogP contribution in [0.1, 0.15) is 0 Å². The number of aromatic nitrogens is 1. The van der Waals surface area contributed by atoms with Crippen LogP contribution in [0.15, 0.2) is 126 Å². The number of para-hydroxylation sites is 2. The molecule has 35 heavy (non-hydrogen) atoms. The Morgan fingerprint density at radius 3 is 1.94 bits per heavy atom. The van der Waals surface area contributed by atoms with Crippen LogP contribution in [0.2, 0.25) is 0 Å². The summed E-state index contributed by atoms with van der Waals surface area (Å²) in [7, 11) is 0. The van der Waals surface area contributed by atoms with E-state index in [1.54, 1.807) is 11.3 Å². The molecule has 0 aliphatic rings. The van der Waals surface area contributed by atoms with Crippen LogP contribution in [-0.4, -0.2) is 4.98 Å². The molecule has 0 amide bonds. The number of hydrogen-bond acceptors (Lipinski definition) is 4. The lowest BCUT2D eigenvalue weighted by Gasteiger charge is -2.25. The quantitative estimate of drug-likeness (QED) is 0.258. The third-order valence-corrected chi connectivity index (χ3v) is 7.42. The first-order valence-corrected chi connectivity index (χ1v) is 12.4. The largest absolute Gasteiger partial charge is 0.456 e. The number of rotatable bonds is 4. The third kappa shape index (κ3) is 3.38. The van der Waals surface area contributed by atoms with Crippen LogP contribution < -0.4 is 4.90 Å². The summed E-state index contributed by atoms with van der Waals surface area (Å²) in [5.41, 5.74) is 7.16. The van der Waals surface area contributed by atoms with E-state index in [4.69, 9.17) is 9.40 Å². The molecule has 2 aromatic heterocycles. The normalized spacial score (nSPS) is 11.4. The summed E-state index contributed by atoms with van der Waals surface area (Å²) < 4.78 is 7.55. The van der Waals surface area contributed by atoms with Crippen LogP contribution in [0.3, 0.4) is 0 Å². The fourth-order valence-electron chi connectivity index (χ4n) is 4.68. The van der Waals surface area contributed by atoms with Crippen LogP contribution in [0.5, 0.6) is 0 Å². The van der Waals surface area contributed by atoms with Gasteiger partial charge in [-0.3, -0.25) is 0 Å². The van der Waals surface area contributed by atoms with E-state index >= 15 is 0 Å². The summed E-state index contributed by atoms with van der Waals surface area (Å²) in [6, 6.07) is 41.8. The second-order valence-corrected chi connectivity index (χ2v) is 9.46. The molecule has 0 fully saturated rings. The molecule has 0 spiro atoms. The third-order valence-electron chi connectivity index (χ3n) is 6.28. The van der Waals surface area contributed by atoms with Gasteiger partial charge in [0.05, 0.1) is 10.2 Å². The van der Waals surface area contributed by atoms with E-state index in [9.17, 15) is 0 Å². The molecule has 0 unspecified atom stereocenters. The maximum atomic E-state index is 6.39. The minimum absolute atomic E-state index is 0.872. The average molecular weight is 469 g/mol. The lowest BCUT2D eigenvalue weighted by molar-refractivity contribution is 0.669. The van der Waals surface area contributed by atoms with Gasteiger partial charge in [-0.1, -0.05) is 66.7 Å². The molecule has 0 saturated carbocycles. The number of fused-ring (bicyclic) bond motifs is 5. The maximum absolute atomic E-state index is 6.39. The van der Waals surface area contributed by atoms with Crippen molar-refractivity contribution < 1.29 is 4.42 Å². The van der Waals surface area contributed by atoms with E-state index in [2.05, 4.69) is 102 Å². The van der Waals surface area contributed by atoms with Crippen LogP contribution in [0.25, 0.3) is 42.7 Å². The highest BCUT2D eigenvalue weighted by Crippen LogP contribution is 2.42. The highest BCUT2D eigenvalue weighted by atomic mass is 32.1. The molecule has 0 bridgehead atoms. The lowest BCUT2D eigenvalue weighted by Crippen LogP contribution is -2.09. The first-order valence-electron chi connectivity index (χ1n) is 11.6. The van der Waals surface area contributed by atoms with E-state index in [0.29, 0.717) is 0 Å². The average Bonchev–Trinajstić information content (AvgIpc) is 3.52. The summed E-state index contributed by atoms with van der Waals surface area (Å²) in [5, 5.41) is 3.27. The number of hydrogen-bond donors (Lipinski definition) is 0. The molecular weight excluding hydrogens is 448 g/mol. The van der Waals surface area contributed by atoms with E-state index in [1.807, 2.05) is 24.3 Å². The molecule has 0 saturated heterocycles. The second kappa shape index (κ2) is 8.12. The van der Waals surface area contributed by atoms with Crippen LogP contribution in [0, 0.1) is 0 Å². The Morgan fingerprint density at radius 1 is 0.600 bits per heavy atom. The van der Waals surface area contributed by atoms with Crippen LogP contribution in [0.4, 0.5) is 17.1 Å². The molecular formula is C31H20N2OS. The predicted molar refractivity (Wildman–Crippen MR) is 147 cm³/mol. The smallest absolute Gasteiger partial charge is 0.137 e. The van der Waals surface area contributed by atoms with Crippen molar-refractivity contribution in [1.82, 2.24) is 4.98 Å². The summed E-state index contributed by atoms with van der Waals surface area (Å²) >= 11 is 1.72. The van der Waals surface area contributed by atoms with Crippen molar-refractivity contribution in [2.75, 3.05) is 4.90 Å². The summed E-state index contributed by atoms with van der Waals surface area (Å²) in [6.45, 7) is 0. The van der Waals surface area contributed by atoms with Crippen molar-refractivity contribution in [2.24, 2.45) is 0 Å². The van der Waals surface area contributed by atoms with Gasteiger partial charge in [0.25, 0.3) is 0 Å². The van der Waals surface area contributed by atoms with E-state index < -0.39 is 0 Å². The Bertz CT molecular complexity index is 1750. The number of furan rings is 1.